The highest BCUT2D eigenvalue weighted by atomic mass is 35.5. The number of hydrogen-bond acceptors (Lipinski definition) is 4. The van der Waals surface area contributed by atoms with Crippen molar-refractivity contribution in [2.24, 2.45) is 0 Å². The highest BCUT2D eigenvalue weighted by Gasteiger charge is 2.41. The van der Waals surface area contributed by atoms with Crippen LogP contribution in [0.2, 0.25) is 0 Å². The Kier molecular flexibility index (Phi) is 8.57. The molecule has 2 aromatic heterocycles. The van der Waals surface area contributed by atoms with Crippen molar-refractivity contribution in [3.05, 3.63) is 118 Å². The maximum atomic E-state index is 2.38. The lowest BCUT2D eigenvalue weighted by molar-refractivity contribution is -0.696. The number of fused-ring (bicyclic) bond motifs is 2. The van der Waals surface area contributed by atoms with Gasteiger partial charge in [-0.3, -0.25) is 0 Å². The number of nitrogens with zero attached hydrogens (tertiary/aromatic N) is 4. The van der Waals surface area contributed by atoms with Crippen LogP contribution < -0.4 is 33.9 Å². The summed E-state index contributed by atoms with van der Waals surface area (Å²) in [5, 5.41) is 0. The van der Waals surface area contributed by atoms with Crippen LogP contribution in [0, 0.1) is 0 Å². The van der Waals surface area contributed by atoms with Gasteiger partial charge in [0.1, 0.15) is 24.5 Å². The van der Waals surface area contributed by atoms with Crippen molar-refractivity contribution in [2.75, 3.05) is 14.1 Å². The van der Waals surface area contributed by atoms with E-state index >= 15 is 0 Å². The fourth-order valence-corrected chi connectivity index (χ4v) is 9.48. The average Bonchev–Trinajstić information content (AvgIpc) is 3.85. The van der Waals surface area contributed by atoms with E-state index in [0.29, 0.717) is 0 Å². The van der Waals surface area contributed by atoms with E-state index in [1.807, 2.05) is 21.6 Å². The van der Waals surface area contributed by atoms with E-state index in [4.69, 9.17) is 0 Å². The van der Waals surface area contributed by atoms with Gasteiger partial charge >= 0.3 is 0 Å². The second-order valence-electron chi connectivity index (χ2n) is 11.6. The van der Waals surface area contributed by atoms with Gasteiger partial charge in [-0.2, -0.15) is 9.13 Å². The molecule has 0 radical (unpaired) electrons. The fourth-order valence-electron chi connectivity index (χ4n) is 6.93. The van der Waals surface area contributed by atoms with Crippen molar-refractivity contribution in [3.8, 4) is 0 Å². The smallest absolute Gasteiger partial charge is 0.231 e. The van der Waals surface area contributed by atoms with Crippen LogP contribution >= 0.6 is 21.6 Å². The molecule has 0 atom stereocenters. The zero-order chi connectivity index (χ0) is 28.5. The van der Waals surface area contributed by atoms with Gasteiger partial charge in [-0.25, -0.2) is 0 Å². The molecule has 8 heteroatoms. The van der Waals surface area contributed by atoms with Crippen LogP contribution in [-0.4, -0.2) is 23.9 Å². The predicted molar refractivity (Wildman–Crippen MR) is 173 cm³/mol. The van der Waals surface area contributed by atoms with E-state index in [2.05, 4.69) is 120 Å². The van der Waals surface area contributed by atoms with E-state index in [1.54, 1.807) is 22.3 Å². The van der Waals surface area contributed by atoms with Crippen LogP contribution in [0.25, 0.3) is 22.8 Å². The van der Waals surface area contributed by atoms with E-state index in [1.165, 1.54) is 80.8 Å². The normalized spacial score (nSPS) is 15.5. The number of pyridine rings is 2. The third-order valence-corrected chi connectivity index (χ3v) is 12.0. The van der Waals surface area contributed by atoms with Gasteiger partial charge in [0.2, 0.25) is 11.4 Å². The largest absolute Gasteiger partial charge is 1.00 e. The summed E-state index contributed by atoms with van der Waals surface area (Å²) in [4.78, 5) is 7.62. The highest BCUT2D eigenvalue weighted by molar-refractivity contribution is 8.76. The monoisotopic (exact) mass is 658 g/mol. The van der Waals surface area contributed by atoms with E-state index in [0.717, 1.165) is 13.1 Å². The molecular weight excluding hydrogens is 623 g/mol. The molecule has 0 saturated heterocycles. The molecule has 2 aliphatic carbocycles. The molecular formula is C36H36Cl2N4S2. The van der Waals surface area contributed by atoms with Crippen LogP contribution in [0.3, 0.4) is 0 Å². The van der Waals surface area contributed by atoms with Crippen molar-refractivity contribution < 1.29 is 33.9 Å². The van der Waals surface area contributed by atoms with E-state index in [-0.39, 0.29) is 24.8 Å². The highest BCUT2D eigenvalue weighted by Crippen LogP contribution is 2.53. The van der Waals surface area contributed by atoms with Gasteiger partial charge in [0.15, 0.2) is 12.4 Å². The SMILES string of the molecule is CC[n+]1ccccc1C1=C(c2ccc(SSc3ccc(C4=C(c5cccc[n+]5CC)N4C)c4c3CC4)c3c2CC3)N1C.[Cl-].[Cl-]. The minimum absolute atomic E-state index is 0. The quantitative estimate of drug-likeness (QED) is 0.196. The number of halogens is 2. The zero-order valence-electron chi connectivity index (χ0n) is 25.5. The lowest BCUT2D eigenvalue weighted by atomic mass is 9.84. The minimum Gasteiger partial charge on any atom is -1.00 e. The van der Waals surface area contributed by atoms with Gasteiger partial charge in [-0.15, -0.1) is 0 Å². The molecule has 0 fully saturated rings. The standard InChI is InChI=1S/C36H36N4S2.2ClH/c1-5-39-21-9-7-11-29(39)35-33(37(35)3)27-17-19-31(25-15-13-23(25)27)41-42-32-20-18-28(24-14-16-26(24)32)34-36(38(34)4)30-12-8-10-22-40(30)6-2;;/h7-12,17-22H,5-6,13-16H2,1-4H3;2*1H/q+2;;/p-2. The molecule has 8 rings (SSSR count). The second kappa shape index (κ2) is 12.1. The van der Waals surface area contributed by atoms with Gasteiger partial charge in [0.25, 0.3) is 0 Å². The second-order valence-corrected chi connectivity index (χ2v) is 13.8. The van der Waals surface area contributed by atoms with Crippen LogP contribution in [0.1, 0.15) is 58.6 Å². The Balaban J connectivity index is 0.00000171. The topological polar surface area (TPSA) is 13.8 Å². The molecule has 4 nitrogen and oxygen atoms in total. The molecule has 0 unspecified atom stereocenters. The number of rotatable bonds is 9. The molecule has 226 valence electrons. The maximum absolute atomic E-state index is 2.38. The summed E-state index contributed by atoms with van der Waals surface area (Å²) in [6.45, 7) is 6.40. The third-order valence-electron chi connectivity index (χ3n) is 9.50. The maximum Gasteiger partial charge on any atom is 0.231 e. The number of benzene rings is 2. The van der Waals surface area contributed by atoms with Gasteiger partial charge in [-0.1, -0.05) is 33.7 Å². The molecule has 0 amide bonds. The van der Waals surface area contributed by atoms with E-state index < -0.39 is 0 Å². The Hall–Kier alpha value is -2.90. The van der Waals surface area contributed by atoms with Gasteiger partial charge in [0, 0.05) is 59.3 Å². The molecule has 2 aliphatic heterocycles. The Labute approximate surface area is 281 Å². The molecule has 4 aliphatic rings. The molecule has 0 saturated carbocycles. The zero-order valence-corrected chi connectivity index (χ0v) is 28.7. The lowest BCUT2D eigenvalue weighted by Crippen LogP contribution is -3.00. The van der Waals surface area contributed by atoms with Crippen LogP contribution in [0.4, 0.5) is 0 Å². The Morgan fingerprint density at radius 3 is 1.32 bits per heavy atom. The third kappa shape index (κ3) is 4.86. The number of hydrogen-bond donors (Lipinski definition) is 0. The number of aryl methyl sites for hydroxylation is 2. The first kappa shape index (κ1) is 31.1. The summed E-state index contributed by atoms with van der Waals surface area (Å²) in [6, 6.07) is 22.6. The van der Waals surface area contributed by atoms with Crippen molar-refractivity contribution in [1.82, 2.24) is 9.80 Å². The van der Waals surface area contributed by atoms with Crippen molar-refractivity contribution >= 4 is 44.4 Å². The Morgan fingerprint density at radius 1 is 0.545 bits per heavy atom. The van der Waals surface area contributed by atoms with Gasteiger partial charge in [-0.05, 0) is 86.1 Å². The summed E-state index contributed by atoms with van der Waals surface area (Å²) in [5.74, 6) is 0. The first-order valence-corrected chi connectivity index (χ1v) is 17.3. The van der Waals surface area contributed by atoms with Crippen LogP contribution in [-0.2, 0) is 38.8 Å². The number of aromatic nitrogens is 2. The summed E-state index contributed by atoms with van der Waals surface area (Å²) >= 11 is 0. The summed E-state index contributed by atoms with van der Waals surface area (Å²) in [7, 11) is 8.34. The minimum atomic E-state index is 0. The summed E-state index contributed by atoms with van der Waals surface area (Å²) in [6.07, 6.45) is 9.13. The van der Waals surface area contributed by atoms with E-state index in [9.17, 15) is 0 Å². The van der Waals surface area contributed by atoms with Crippen molar-refractivity contribution in [2.45, 2.75) is 62.4 Å². The molecule has 44 heavy (non-hydrogen) atoms. The molecule has 0 spiro atoms. The van der Waals surface area contributed by atoms with Gasteiger partial charge < -0.3 is 34.6 Å². The lowest BCUT2D eigenvalue weighted by Gasteiger charge is -2.27. The average molecular weight is 660 g/mol. The van der Waals surface area contributed by atoms with Crippen molar-refractivity contribution in [1.29, 1.82) is 0 Å². The molecule has 4 heterocycles. The van der Waals surface area contributed by atoms with Crippen molar-refractivity contribution in [3.63, 3.8) is 0 Å². The first-order chi connectivity index (χ1) is 20.6. The van der Waals surface area contributed by atoms with Crippen LogP contribution in [0.5, 0.6) is 0 Å². The Morgan fingerprint density at radius 2 is 0.955 bits per heavy atom. The Bertz CT molecular complexity index is 1730. The molecule has 0 N–H and O–H groups in total. The molecule has 0 bridgehead atoms. The molecule has 2 aromatic carbocycles. The predicted octanol–water partition coefficient (Wildman–Crippen LogP) is 0.848. The summed E-state index contributed by atoms with van der Waals surface area (Å²) < 4.78 is 4.68. The van der Waals surface area contributed by atoms with Crippen LogP contribution in [0.15, 0.2) is 82.8 Å². The molecule has 4 aromatic rings. The fraction of sp³-hybridized carbons (Fsp3) is 0.278. The van der Waals surface area contributed by atoms with Gasteiger partial charge in [0.05, 0.1) is 11.4 Å². The summed E-state index contributed by atoms with van der Waals surface area (Å²) in [5.41, 5.74) is 17.3. The first-order valence-electron chi connectivity index (χ1n) is 15.2.